The summed E-state index contributed by atoms with van der Waals surface area (Å²) in [5, 5.41) is 19.7. The molecular weight excluding hydrogens is 677 g/mol. The number of hydrogen-bond donors (Lipinski definition) is 2. The van der Waals surface area contributed by atoms with Gasteiger partial charge in [-0.05, 0) is 65.7 Å². The number of carbonyl (C=O) groups is 3. The van der Waals surface area contributed by atoms with Gasteiger partial charge in [-0.3, -0.25) is 24.2 Å². The summed E-state index contributed by atoms with van der Waals surface area (Å²) in [6.07, 6.45) is 3.26. The molecule has 9 heteroatoms. The van der Waals surface area contributed by atoms with Gasteiger partial charge in [0.05, 0.1) is 11.4 Å². The quantitative estimate of drug-likeness (QED) is 0.123. The van der Waals surface area contributed by atoms with E-state index in [9.17, 15) is 24.6 Å². The topological polar surface area (TPSA) is 123 Å². The molecule has 2 heterocycles. The summed E-state index contributed by atoms with van der Waals surface area (Å²) in [6, 6.07) is 45.0. The van der Waals surface area contributed by atoms with Gasteiger partial charge in [-0.15, -0.1) is 0 Å². The van der Waals surface area contributed by atoms with Crippen molar-refractivity contribution in [3.8, 4) is 11.5 Å². The van der Waals surface area contributed by atoms with E-state index in [-0.39, 0.29) is 34.4 Å². The van der Waals surface area contributed by atoms with Crippen LogP contribution in [0.5, 0.6) is 11.5 Å². The lowest BCUT2D eigenvalue weighted by Gasteiger charge is -2.27. The number of anilines is 2. The molecule has 6 aromatic carbocycles. The fourth-order valence-corrected chi connectivity index (χ4v) is 6.29. The minimum absolute atomic E-state index is 0.0829. The Kier molecular flexibility index (Phi) is 8.79. The third kappa shape index (κ3) is 6.49. The Bertz CT molecular complexity index is 2540. The van der Waals surface area contributed by atoms with E-state index in [4.69, 9.17) is 9.98 Å². The largest absolute Gasteiger partial charge is 0.508 e. The molecule has 2 aliphatic rings. The van der Waals surface area contributed by atoms with Crippen LogP contribution in [0.1, 0.15) is 38.2 Å². The van der Waals surface area contributed by atoms with Gasteiger partial charge in [-0.2, -0.15) is 0 Å². The second kappa shape index (κ2) is 14.2. The number of carbonyl (C=O) groups excluding carboxylic acids is 3. The van der Waals surface area contributed by atoms with Crippen molar-refractivity contribution in [1.82, 2.24) is 0 Å². The molecule has 0 saturated heterocycles. The molecule has 6 aromatic rings. The van der Waals surface area contributed by atoms with Crippen LogP contribution in [0.25, 0.3) is 12.2 Å². The summed E-state index contributed by atoms with van der Waals surface area (Å²) in [5.41, 5.74) is 4.09. The maximum Gasteiger partial charge on any atom is 0.282 e. The van der Waals surface area contributed by atoms with Crippen LogP contribution in [0, 0.1) is 0 Å². The average molecular weight is 707 g/mol. The number of amidine groups is 2. The first-order valence-corrected chi connectivity index (χ1v) is 17.1. The Hall–Kier alpha value is -7.65. The van der Waals surface area contributed by atoms with Crippen LogP contribution in [0.2, 0.25) is 0 Å². The highest BCUT2D eigenvalue weighted by Crippen LogP contribution is 2.40. The lowest BCUT2D eigenvalue weighted by molar-refractivity contribution is -0.114. The Balaban J connectivity index is 1.34. The van der Waals surface area contributed by atoms with Crippen LogP contribution in [-0.4, -0.2) is 39.5 Å². The van der Waals surface area contributed by atoms with Crippen molar-refractivity contribution >= 4 is 52.8 Å². The normalized spacial score (nSPS) is 15.6. The maximum atomic E-state index is 14.7. The number of phenols is 2. The second-order valence-electron chi connectivity index (χ2n) is 12.5. The summed E-state index contributed by atoms with van der Waals surface area (Å²) in [5.74, 6) is -0.443. The van der Waals surface area contributed by atoms with E-state index in [1.165, 1.54) is 34.1 Å². The monoisotopic (exact) mass is 706 g/mol. The van der Waals surface area contributed by atoms with E-state index >= 15 is 0 Å². The fourth-order valence-electron chi connectivity index (χ4n) is 6.29. The van der Waals surface area contributed by atoms with Crippen molar-refractivity contribution in [2.75, 3.05) is 9.80 Å². The number of aliphatic imine (C=N–C) groups is 2. The minimum atomic E-state index is -0.489. The van der Waals surface area contributed by atoms with Crippen LogP contribution < -0.4 is 9.80 Å². The molecule has 9 nitrogen and oxygen atoms in total. The van der Waals surface area contributed by atoms with E-state index in [0.717, 1.165) is 0 Å². The number of nitrogens with zero attached hydrogens (tertiary/aromatic N) is 4. The zero-order chi connectivity index (χ0) is 37.2. The van der Waals surface area contributed by atoms with Crippen molar-refractivity contribution in [3.63, 3.8) is 0 Å². The third-order valence-corrected chi connectivity index (χ3v) is 8.93. The van der Waals surface area contributed by atoms with Gasteiger partial charge in [-0.1, -0.05) is 115 Å². The van der Waals surface area contributed by atoms with Crippen molar-refractivity contribution < 1.29 is 24.6 Å². The Morgan fingerprint density at radius 2 is 0.907 bits per heavy atom. The van der Waals surface area contributed by atoms with Crippen molar-refractivity contribution in [2.24, 2.45) is 9.98 Å². The number of amides is 2. The van der Waals surface area contributed by atoms with E-state index in [1.807, 2.05) is 66.7 Å². The van der Waals surface area contributed by atoms with E-state index < -0.39 is 11.8 Å². The van der Waals surface area contributed by atoms with Crippen molar-refractivity contribution in [1.29, 1.82) is 0 Å². The minimum Gasteiger partial charge on any atom is -0.508 e. The number of ketones is 1. The van der Waals surface area contributed by atoms with Gasteiger partial charge < -0.3 is 10.2 Å². The SMILES string of the molecule is O=C(c1ccccc1)c1ccc(N2C(=O)C(=Cc3ccc(O)cc3)N=C2c2ccccc2)c(N2C(=O)C(=Cc3ccc(O)cc3)N=C2c2ccccc2)c1. The maximum absolute atomic E-state index is 14.7. The third-order valence-electron chi connectivity index (χ3n) is 8.93. The lowest BCUT2D eigenvalue weighted by Crippen LogP contribution is -2.38. The van der Waals surface area contributed by atoms with E-state index in [2.05, 4.69) is 0 Å². The predicted molar refractivity (Wildman–Crippen MR) is 209 cm³/mol. The van der Waals surface area contributed by atoms with Crippen molar-refractivity contribution in [3.05, 3.63) is 203 Å². The predicted octanol–water partition coefficient (Wildman–Crippen LogP) is 8.00. The molecule has 2 amide bonds. The summed E-state index contributed by atoms with van der Waals surface area (Å²) in [6.45, 7) is 0. The van der Waals surface area contributed by atoms with Gasteiger partial charge in [0.25, 0.3) is 11.8 Å². The number of benzene rings is 6. The standard InChI is InChI=1S/C45H30N4O5/c50-35-21-16-29(17-22-35)26-37-44(53)48(42(46-37)32-12-6-2-7-13-32)39-25-20-34(41(52)31-10-4-1-5-11-31)28-40(39)49-43(33-14-8-3-9-15-33)47-38(45(49)54)27-30-18-23-36(51)24-19-30/h1-28,50-51H. The van der Waals surface area contributed by atoms with Crippen LogP contribution in [-0.2, 0) is 9.59 Å². The molecule has 260 valence electrons. The number of aromatic hydroxyl groups is 2. The first-order chi connectivity index (χ1) is 26.3. The van der Waals surface area contributed by atoms with Gasteiger partial charge in [0, 0.05) is 22.3 Å². The van der Waals surface area contributed by atoms with Crippen LogP contribution in [0.15, 0.2) is 179 Å². The van der Waals surface area contributed by atoms with Gasteiger partial charge in [0.2, 0.25) is 0 Å². The molecule has 54 heavy (non-hydrogen) atoms. The first-order valence-electron chi connectivity index (χ1n) is 17.1. The van der Waals surface area contributed by atoms with Crippen LogP contribution >= 0.6 is 0 Å². The van der Waals surface area contributed by atoms with Crippen LogP contribution in [0.4, 0.5) is 11.4 Å². The molecular formula is C45H30N4O5. The molecule has 0 unspecified atom stereocenters. The van der Waals surface area contributed by atoms with Gasteiger partial charge in [0.1, 0.15) is 34.6 Å². The number of phenolic OH excluding ortho intramolecular Hbond substituents is 2. The van der Waals surface area contributed by atoms with Gasteiger partial charge >= 0.3 is 0 Å². The molecule has 0 saturated carbocycles. The molecule has 0 bridgehead atoms. The highest BCUT2D eigenvalue weighted by molar-refractivity contribution is 6.38. The number of rotatable bonds is 8. The zero-order valence-corrected chi connectivity index (χ0v) is 28.6. The van der Waals surface area contributed by atoms with E-state index in [1.54, 1.807) is 78.9 Å². The summed E-state index contributed by atoms with van der Waals surface area (Å²) < 4.78 is 0. The highest BCUT2D eigenvalue weighted by Gasteiger charge is 2.39. The lowest BCUT2D eigenvalue weighted by atomic mass is 10.0. The molecule has 2 N–H and O–H groups in total. The number of hydrogen-bond acceptors (Lipinski definition) is 7. The zero-order valence-electron chi connectivity index (χ0n) is 28.6. The van der Waals surface area contributed by atoms with Crippen molar-refractivity contribution in [2.45, 2.75) is 0 Å². The highest BCUT2D eigenvalue weighted by atomic mass is 16.3. The van der Waals surface area contributed by atoms with Gasteiger partial charge in [0.15, 0.2) is 5.78 Å². The molecule has 8 rings (SSSR count). The smallest absolute Gasteiger partial charge is 0.282 e. The summed E-state index contributed by atoms with van der Waals surface area (Å²) in [7, 11) is 0. The summed E-state index contributed by atoms with van der Waals surface area (Å²) >= 11 is 0. The Labute approximate surface area is 310 Å². The van der Waals surface area contributed by atoms with Gasteiger partial charge in [-0.25, -0.2) is 9.98 Å². The molecule has 0 aromatic heterocycles. The Morgan fingerprint density at radius 3 is 1.37 bits per heavy atom. The second-order valence-corrected chi connectivity index (χ2v) is 12.5. The summed E-state index contributed by atoms with van der Waals surface area (Å²) in [4.78, 5) is 55.8. The molecule has 0 atom stereocenters. The average Bonchev–Trinajstić information content (AvgIpc) is 3.71. The molecule has 0 fully saturated rings. The molecule has 2 aliphatic heterocycles. The Morgan fingerprint density at radius 1 is 0.481 bits per heavy atom. The molecule has 0 radical (unpaired) electrons. The first kappa shape index (κ1) is 33.5. The molecule has 0 aliphatic carbocycles. The van der Waals surface area contributed by atoms with Crippen LogP contribution in [0.3, 0.4) is 0 Å². The van der Waals surface area contributed by atoms with E-state index in [0.29, 0.717) is 50.7 Å². The fraction of sp³-hybridized carbons (Fsp3) is 0. The molecule has 0 spiro atoms.